The highest BCUT2D eigenvalue weighted by molar-refractivity contribution is 7.89. The van der Waals surface area contributed by atoms with Crippen molar-refractivity contribution < 1.29 is 8.42 Å². The maximum Gasteiger partial charge on any atom is 0.246 e. The highest BCUT2D eigenvalue weighted by Crippen LogP contribution is 2.31. The van der Waals surface area contributed by atoms with E-state index in [2.05, 4.69) is 9.97 Å². The fourth-order valence-corrected chi connectivity index (χ4v) is 3.39. The van der Waals surface area contributed by atoms with Gasteiger partial charge in [0.1, 0.15) is 4.90 Å². The lowest BCUT2D eigenvalue weighted by Gasteiger charge is -2.21. The Morgan fingerprint density at radius 2 is 2.00 bits per heavy atom. The van der Waals surface area contributed by atoms with Crippen molar-refractivity contribution in [2.45, 2.75) is 43.5 Å². The Labute approximate surface area is 107 Å². The number of aromatic nitrogens is 2. The van der Waals surface area contributed by atoms with Crippen molar-refractivity contribution in [2.24, 2.45) is 0 Å². The largest absolute Gasteiger partial charge is 0.368 e. The molecule has 1 aliphatic carbocycles. The van der Waals surface area contributed by atoms with Gasteiger partial charge < -0.3 is 5.73 Å². The monoisotopic (exact) mass is 270 g/mol. The van der Waals surface area contributed by atoms with E-state index in [1.165, 1.54) is 12.4 Å². The Morgan fingerprint density at radius 3 is 2.50 bits per heavy atom. The van der Waals surface area contributed by atoms with Crippen molar-refractivity contribution in [3.05, 3.63) is 12.4 Å². The van der Waals surface area contributed by atoms with E-state index in [-0.39, 0.29) is 16.9 Å². The molecule has 0 saturated heterocycles. The Balaban J connectivity index is 2.24. The minimum Gasteiger partial charge on any atom is -0.368 e. The summed E-state index contributed by atoms with van der Waals surface area (Å²) in [6, 6.07) is 0.152. The Morgan fingerprint density at radius 1 is 1.39 bits per heavy atom. The van der Waals surface area contributed by atoms with Crippen molar-refractivity contribution in [1.82, 2.24) is 14.3 Å². The molecule has 1 saturated carbocycles. The van der Waals surface area contributed by atoms with Crippen LogP contribution in [0.3, 0.4) is 0 Å². The van der Waals surface area contributed by atoms with E-state index in [4.69, 9.17) is 5.73 Å². The van der Waals surface area contributed by atoms with Crippen LogP contribution in [0.1, 0.15) is 32.6 Å². The quantitative estimate of drug-likeness (QED) is 0.833. The van der Waals surface area contributed by atoms with E-state index in [1.807, 2.05) is 6.92 Å². The van der Waals surface area contributed by atoms with Gasteiger partial charge in [-0.1, -0.05) is 13.3 Å². The molecule has 0 unspecified atom stereocenters. The van der Waals surface area contributed by atoms with Gasteiger partial charge in [-0.15, -0.1) is 0 Å². The summed E-state index contributed by atoms with van der Waals surface area (Å²) in [5.41, 5.74) is 5.37. The second-order valence-corrected chi connectivity index (χ2v) is 6.37. The van der Waals surface area contributed by atoms with Gasteiger partial charge in [-0.05, 0) is 19.3 Å². The number of anilines is 1. The minimum absolute atomic E-state index is 0.0838. The van der Waals surface area contributed by atoms with E-state index in [9.17, 15) is 8.42 Å². The molecule has 100 valence electrons. The zero-order chi connectivity index (χ0) is 13.2. The van der Waals surface area contributed by atoms with Gasteiger partial charge in [-0.2, -0.15) is 4.31 Å². The predicted molar refractivity (Wildman–Crippen MR) is 68.3 cm³/mol. The summed E-state index contributed by atoms with van der Waals surface area (Å²) in [6.07, 6.45) is 6.28. The first kappa shape index (κ1) is 13.2. The molecule has 1 fully saturated rings. The van der Waals surface area contributed by atoms with E-state index in [1.54, 1.807) is 4.31 Å². The number of nitrogen functional groups attached to an aromatic ring is 1. The molecule has 0 aromatic carbocycles. The summed E-state index contributed by atoms with van der Waals surface area (Å²) in [4.78, 5) is 7.62. The summed E-state index contributed by atoms with van der Waals surface area (Å²) in [7, 11) is -3.47. The third-order valence-corrected chi connectivity index (χ3v) is 4.85. The summed E-state index contributed by atoms with van der Waals surface area (Å²) in [5.74, 6) is 0.0838. The first-order valence-corrected chi connectivity index (χ1v) is 7.59. The molecule has 6 nitrogen and oxygen atoms in total. The third kappa shape index (κ3) is 2.78. The van der Waals surface area contributed by atoms with Crippen LogP contribution in [0.2, 0.25) is 0 Å². The van der Waals surface area contributed by atoms with Gasteiger partial charge in [-0.25, -0.2) is 18.4 Å². The van der Waals surface area contributed by atoms with E-state index < -0.39 is 10.0 Å². The van der Waals surface area contributed by atoms with Crippen LogP contribution in [0.4, 0.5) is 5.95 Å². The van der Waals surface area contributed by atoms with E-state index >= 15 is 0 Å². The summed E-state index contributed by atoms with van der Waals surface area (Å²) in [6.45, 7) is 2.61. The molecule has 0 atom stereocenters. The van der Waals surface area contributed by atoms with Crippen LogP contribution in [0, 0.1) is 0 Å². The topological polar surface area (TPSA) is 89.2 Å². The van der Waals surface area contributed by atoms with Crippen LogP contribution in [-0.4, -0.2) is 35.3 Å². The first-order valence-electron chi connectivity index (χ1n) is 6.15. The van der Waals surface area contributed by atoms with Gasteiger partial charge in [0, 0.05) is 12.6 Å². The molecule has 1 aromatic rings. The molecule has 2 rings (SSSR count). The van der Waals surface area contributed by atoms with Gasteiger partial charge in [0.05, 0.1) is 12.4 Å². The van der Waals surface area contributed by atoms with Gasteiger partial charge in [0.25, 0.3) is 0 Å². The number of nitrogens with zero attached hydrogens (tertiary/aromatic N) is 3. The Bertz CT molecular complexity index is 496. The first-order chi connectivity index (χ1) is 8.55. The van der Waals surface area contributed by atoms with Crippen LogP contribution in [-0.2, 0) is 10.0 Å². The van der Waals surface area contributed by atoms with Crippen LogP contribution in [0.5, 0.6) is 0 Å². The van der Waals surface area contributed by atoms with Gasteiger partial charge in [0.15, 0.2) is 0 Å². The molecule has 1 heterocycles. The van der Waals surface area contributed by atoms with E-state index in [0.717, 1.165) is 25.7 Å². The zero-order valence-electron chi connectivity index (χ0n) is 10.4. The average molecular weight is 270 g/mol. The smallest absolute Gasteiger partial charge is 0.246 e. The van der Waals surface area contributed by atoms with Crippen molar-refractivity contribution in [3.63, 3.8) is 0 Å². The molecular formula is C11H18N4O2S. The SMILES string of the molecule is CCCCN(C1CC1)S(=O)(=O)c1cnc(N)nc1. The number of nitrogens with two attached hydrogens (primary N) is 1. The number of rotatable bonds is 6. The second-order valence-electron chi connectivity index (χ2n) is 4.48. The second kappa shape index (κ2) is 5.19. The molecule has 1 aromatic heterocycles. The van der Waals surface area contributed by atoms with Crippen LogP contribution in [0.15, 0.2) is 17.3 Å². The fourth-order valence-electron chi connectivity index (χ4n) is 1.77. The Hall–Kier alpha value is -1.21. The summed E-state index contributed by atoms with van der Waals surface area (Å²) >= 11 is 0. The van der Waals surface area contributed by atoms with Crippen LogP contribution in [0.25, 0.3) is 0 Å². The Kier molecular flexibility index (Phi) is 3.82. The minimum atomic E-state index is -3.47. The molecule has 0 spiro atoms. The normalized spacial score (nSPS) is 16.1. The molecule has 2 N–H and O–H groups in total. The fraction of sp³-hybridized carbons (Fsp3) is 0.636. The summed E-state index contributed by atoms with van der Waals surface area (Å²) in [5, 5.41) is 0. The van der Waals surface area contributed by atoms with Crippen molar-refractivity contribution in [1.29, 1.82) is 0 Å². The molecule has 0 bridgehead atoms. The average Bonchev–Trinajstić information content (AvgIpc) is 3.14. The number of unbranched alkanes of at least 4 members (excludes halogenated alkanes) is 1. The van der Waals surface area contributed by atoms with E-state index in [0.29, 0.717) is 6.54 Å². The van der Waals surface area contributed by atoms with Gasteiger partial charge in [0.2, 0.25) is 16.0 Å². The van der Waals surface area contributed by atoms with Gasteiger partial charge >= 0.3 is 0 Å². The van der Waals surface area contributed by atoms with Crippen molar-refractivity contribution >= 4 is 16.0 Å². The lowest BCUT2D eigenvalue weighted by atomic mass is 10.3. The maximum absolute atomic E-state index is 12.4. The lowest BCUT2D eigenvalue weighted by molar-refractivity contribution is 0.395. The number of hydrogen-bond donors (Lipinski definition) is 1. The van der Waals surface area contributed by atoms with Gasteiger partial charge in [-0.3, -0.25) is 0 Å². The van der Waals surface area contributed by atoms with Crippen molar-refractivity contribution in [2.75, 3.05) is 12.3 Å². The molecule has 0 amide bonds. The van der Waals surface area contributed by atoms with Crippen LogP contribution < -0.4 is 5.73 Å². The molecule has 7 heteroatoms. The lowest BCUT2D eigenvalue weighted by Crippen LogP contribution is -2.34. The molecule has 0 radical (unpaired) electrons. The zero-order valence-corrected chi connectivity index (χ0v) is 11.2. The van der Waals surface area contributed by atoms with Crippen molar-refractivity contribution in [3.8, 4) is 0 Å². The molecule has 18 heavy (non-hydrogen) atoms. The number of hydrogen-bond acceptors (Lipinski definition) is 5. The highest BCUT2D eigenvalue weighted by atomic mass is 32.2. The molecular weight excluding hydrogens is 252 g/mol. The number of sulfonamides is 1. The predicted octanol–water partition coefficient (Wildman–Crippen LogP) is 1.01. The summed E-state index contributed by atoms with van der Waals surface area (Å²) < 4.78 is 26.4. The maximum atomic E-state index is 12.4. The highest BCUT2D eigenvalue weighted by Gasteiger charge is 2.37. The molecule has 1 aliphatic rings. The standard InChI is InChI=1S/C11H18N4O2S/c1-2-3-6-15(9-4-5-9)18(16,17)10-7-13-11(12)14-8-10/h7-9H,2-6H2,1H3,(H2,12,13,14). The molecule has 0 aliphatic heterocycles. The van der Waals surface area contributed by atoms with Crippen LogP contribution >= 0.6 is 0 Å². The third-order valence-electron chi connectivity index (χ3n) is 2.94.